The minimum absolute atomic E-state index is 0.159. The van der Waals surface area contributed by atoms with E-state index in [-0.39, 0.29) is 23.2 Å². The molecule has 0 spiro atoms. The smallest absolute Gasteiger partial charge is 0.425 e. The molecule has 0 aliphatic heterocycles. The van der Waals surface area contributed by atoms with E-state index in [1.165, 1.54) is 19.2 Å². The highest BCUT2D eigenvalue weighted by Crippen LogP contribution is 2.28. The molecule has 2 aromatic heterocycles. The molecule has 1 N–H and O–H groups in total. The van der Waals surface area contributed by atoms with Gasteiger partial charge in [0.15, 0.2) is 5.82 Å². The largest absolute Gasteiger partial charge is 0.478 e. The molecule has 0 fully saturated rings. The van der Waals surface area contributed by atoms with Crippen molar-refractivity contribution in [3.63, 3.8) is 0 Å². The molecular formula is C22H27F2N5O6. The molecule has 0 radical (unpaired) electrons. The lowest BCUT2D eigenvalue weighted by molar-refractivity contribution is 0.0427. The minimum atomic E-state index is -2.85. The molecule has 13 heteroatoms. The number of methoxy groups -OCH3 is 1. The van der Waals surface area contributed by atoms with Crippen LogP contribution in [0, 0.1) is 0 Å². The van der Waals surface area contributed by atoms with Gasteiger partial charge in [0.2, 0.25) is 5.82 Å². The molecule has 2 aromatic rings. The number of pyridine rings is 1. The normalized spacial score (nSPS) is 11.6. The molecule has 35 heavy (non-hydrogen) atoms. The molecule has 0 aliphatic carbocycles. The van der Waals surface area contributed by atoms with Gasteiger partial charge in [0.1, 0.15) is 22.6 Å². The summed E-state index contributed by atoms with van der Waals surface area (Å²) < 4.78 is 41.5. The van der Waals surface area contributed by atoms with Crippen molar-refractivity contribution in [3.05, 3.63) is 35.8 Å². The van der Waals surface area contributed by atoms with Crippen molar-refractivity contribution in [1.82, 2.24) is 15.0 Å². The average molecular weight is 495 g/mol. The van der Waals surface area contributed by atoms with E-state index in [9.17, 15) is 23.2 Å². The summed E-state index contributed by atoms with van der Waals surface area (Å²) in [6.07, 6.45) is -4.00. The van der Waals surface area contributed by atoms with Gasteiger partial charge in [-0.05, 0) is 53.7 Å². The second-order valence-corrected chi connectivity index (χ2v) is 9.09. The predicted molar refractivity (Wildman–Crippen MR) is 121 cm³/mol. The third kappa shape index (κ3) is 7.83. The number of aromatic nitrogens is 3. The van der Waals surface area contributed by atoms with Crippen molar-refractivity contribution in [3.8, 4) is 5.88 Å². The minimum Gasteiger partial charge on any atom is -0.478 e. The number of nitrogens with zero attached hydrogens (tertiary/aromatic N) is 4. The quantitative estimate of drug-likeness (QED) is 0.624. The monoisotopic (exact) mass is 495 g/mol. The van der Waals surface area contributed by atoms with Crippen molar-refractivity contribution in [2.45, 2.75) is 59.2 Å². The van der Waals surface area contributed by atoms with Crippen LogP contribution >= 0.6 is 0 Å². The lowest BCUT2D eigenvalue weighted by Gasteiger charge is -2.28. The number of carbonyl (C=O) groups is 3. The first-order valence-electron chi connectivity index (χ1n) is 10.3. The fourth-order valence-corrected chi connectivity index (χ4v) is 2.46. The van der Waals surface area contributed by atoms with Gasteiger partial charge in [-0.25, -0.2) is 28.3 Å². The molecule has 0 aliphatic rings. The van der Waals surface area contributed by atoms with Gasteiger partial charge in [0.25, 0.3) is 18.2 Å². The maximum Gasteiger partial charge on any atom is 0.425 e. The maximum atomic E-state index is 12.9. The van der Waals surface area contributed by atoms with Crippen LogP contribution < -0.4 is 15.0 Å². The highest BCUT2D eigenvalue weighted by molar-refractivity contribution is 6.09. The molecule has 0 aromatic carbocycles. The fraction of sp³-hybridized carbons (Fsp3) is 0.455. The van der Waals surface area contributed by atoms with Gasteiger partial charge in [-0.2, -0.15) is 9.88 Å². The van der Waals surface area contributed by atoms with Gasteiger partial charge in [0.05, 0.1) is 13.3 Å². The number of rotatable bonds is 5. The van der Waals surface area contributed by atoms with E-state index in [1.807, 2.05) is 0 Å². The van der Waals surface area contributed by atoms with Crippen LogP contribution in [0.1, 0.15) is 64.2 Å². The number of ether oxygens (including phenoxy) is 3. The summed E-state index contributed by atoms with van der Waals surface area (Å²) in [4.78, 5) is 50.3. The van der Waals surface area contributed by atoms with Crippen molar-refractivity contribution in [2.24, 2.45) is 0 Å². The standard InChI is InChI=1S/C22H27F2N5O6/c1-21(2,3)34-19(31)29(20(32)35-22(4,5)6)16-18(33-7)28-14(11-25-16)27-17(30)13-10-8-9-12(26-13)15(23)24/h8-11,15H,1-7H3,(H,27,28,30). The molecule has 3 amide bonds. The number of alkyl halides is 2. The van der Waals surface area contributed by atoms with E-state index >= 15 is 0 Å². The molecule has 0 bridgehead atoms. The number of carbonyl (C=O) groups excluding carboxylic acids is 3. The number of anilines is 2. The molecule has 2 heterocycles. The van der Waals surface area contributed by atoms with Crippen LogP contribution in [0.3, 0.4) is 0 Å². The Bertz CT molecular complexity index is 1070. The number of hydrogen-bond acceptors (Lipinski definition) is 9. The molecule has 190 valence electrons. The van der Waals surface area contributed by atoms with Crippen LogP contribution in [-0.2, 0) is 9.47 Å². The first-order chi connectivity index (χ1) is 16.1. The van der Waals surface area contributed by atoms with Crippen LogP contribution in [-0.4, -0.2) is 51.4 Å². The summed E-state index contributed by atoms with van der Waals surface area (Å²) >= 11 is 0. The first-order valence-corrected chi connectivity index (χ1v) is 10.3. The van der Waals surface area contributed by atoms with Gasteiger partial charge in [-0.15, -0.1) is 0 Å². The van der Waals surface area contributed by atoms with E-state index in [4.69, 9.17) is 14.2 Å². The van der Waals surface area contributed by atoms with Crippen LogP contribution in [0.5, 0.6) is 5.88 Å². The lowest BCUT2D eigenvalue weighted by Crippen LogP contribution is -2.44. The van der Waals surface area contributed by atoms with Gasteiger partial charge >= 0.3 is 12.2 Å². The Morgan fingerprint density at radius 1 is 0.971 bits per heavy atom. The molecular weight excluding hydrogens is 468 g/mol. The number of amides is 3. The zero-order valence-electron chi connectivity index (χ0n) is 20.4. The Balaban J connectivity index is 2.40. The van der Waals surface area contributed by atoms with Gasteiger partial charge in [-0.3, -0.25) is 4.79 Å². The van der Waals surface area contributed by atoms with Crippen LogP contribution in [0.2, 0.25) is 0 Å². The second kappa shape index (κ2) is 10.6. The summed E-state index contributed by atoms with van der Waals surface area (Å²) in [5, 5.41) is 2.35. The van der Waals surface area contributed by atoms with Crippen molar-refractivity contribution < 1.29 is 37.4 Å². The van der Waals surface area contributed by atoms with Gasteiger partial charge in [0, 0.05) is 0 Å². The Hall–Kier alpha value is -3.90. The zero-order valence-corrected chi connectivity index (χ0v) is 20.4. The predicted octanol–water partition coefficient (Wildman–Crippen LogP) is 4.75. The van der Waals surface area contributed by atoms with Crippen molar-refractivity contribution in [1.29, 1.82) is 0 Å². The Morgan fingerprint density at radius 2 is 1.54 bits per heavy atom. The fourth-order valence-electron chi connectivity index (χ4n) is 2.46. The summed E-state index contributed by atoms with van der Waals surface area (Å²) in [6, 6.07) is 3.59. The van der Waals surface area contributed by atoms with Crippen LogP contribution in [0.15, 0.2) is 24.4 Å². The highest BCUT2D eigenvalue weighted by atomic mass is 19.3. The third-order valence-corrected chi connectivity index (χ3v) is 3.75. The van der Waals surface area contributed by atoms with Gasteiger partial charge in [-0.1, -0.05) is 6.07 Å². The van der Waals surface area contributed by atoms with E-state index in [1.54, 1.807) is 41.5 Å². The van der Waals surface area contributed by atoms with E-state index in [2.05, 4.69) is 20.3 Å². The summed E-state index contributed by atoms with van der Waals surface area (Å²) in [5.74, 6) is -1.68. The molecule has 0 saturated carbocycles. The number of halogens is 2. The van der Waals surface area contributed by atoms with Gasteiger partial charge < -0.3 is 19.5 Å². The van der Waals surface area contributed by atoms with Crippen LogP contribution in [0.4, 0.5) is 30.0 Å². The maximum absolute atomic E-state index is 12.9. The molecule has 0 atom stereocenters. The third-order valence-electron chi connectivity index (χ3n) is 3.75. The van der Waals surface area contributed by atoms with E-state index < -0.39 is 41.4 Å². The summed E-state index contributed by atoms with van der Waals surface area (Å²) in [6.45, 7) is 9.65. The Morgan fingerprint density at radius 3 is 2.03 bits per heavy atom. The highest BCUT2D eigenvalue weighted by Gasteiger charge is 2.36. The molecule has 2 rings (SSSR count). The molecule has 0 unspecified atom stereocenters. The average Bonchev–Trinajstić information content (AvgIpc) is 2.72. The van der Waals surface area contributed by atoms with Crippen molar-refractivity contribution in [2.75, 3.05) is 17.3 Å². The number of hydrogen-bond donors (Lipinski definition) is 1. The van der Waals surface area contributed by atoms with E-state index in [0.29, 0.717) is 4.90 Å². The summed E-state index contributed by atoms with van der Waals surface area (Å²) in [7, 11) is 1.20. The molecule has 0 saturated heterocycles. The Labute approximate surface area is 200 Å². The molecule has 11 nitrogen and oxygen atoms in total. The Kier molecular flexibility index (Phi) is 8.26. The number of nitrogens with one attached hydrogen (secondary N) is 1. The number of imide groups is 1. The summed E-state index contributed by atoms with van der Waals surface area (Å²) in [5.41, 5.74) is -2.75. The SMILES string of the molecule is COc1nc(NC(=O)c2cccc(C(F)F)n2)cnc1N(C(=O)OC(C)(C)C)C(=O)OC(C)(C)C. The van der Waals surface area contributed by atoms with E-state index in [0.717, 1.165) is 12.3 Å². The lowest BCUT2D eigenvalue weighted by atomic mass is 10.2. The van der Waals surface area contributed by atoms with Crippen LogP contribution in [0.25, 0.3) is 0 Å². The first kappa shape index (κ1) is 27.3. The zero-order chi connectivity index (χ0) is 26.6. The topological polar surface area (TPSA) is 133 Å². The second-order valence-electron chi connectivity index (χ2n) is 9.09. The van der Waals surface area contributed by atoms with Crippen molar-refractivity contribution >= 4 is 29.7 Å².